The third-order valence-corrected chi connectivity index (χ3v) is 5.99. The molecular weight excluding hydrogens is 396 g/mol. The molecule has 0 amide bonds. The molecule has 1 aliphatic heterocycles. The largest absolute Gasteiger partial charge is 0.367 e. The molecule has 0 saturated heterocycles. The molecule has 6 nitrogen and oxygen atoms in total. The number of hydrogen-bond acceptors (Lipinski definition) is 5. The van der Waals surface area contributed by atoms with E-state index in [2.05, 4.69) is 22.0 Å². The van der Waals surface area contributed by atoms with Gasteiger partial charge in [0.05, 0.1) is 4.92 Å². The van der Waals surface area contributed by atoms with Gasteiger partial charge in [0.1, 0.15) is 4.90 Å². The van der Waals surface area contributed by atoms with Crippen molar-refractivity contribution in [2.45, 2.75) is 17.9 Å². The molecule has 0 bridgehead atoms. The van der Waals surface area contributed by atoms with Gasteiger partial charge < -0.3 is 4.90 Å². The number of sulfone groups is 1. The van der Waals surface area contributed by atoms with Crippen LogP contribution in [-0.4, -0.2) is 26.1 Å². The first-order chi connectivity index (χ1) is 11.3. The number of hydrogen-bond donors (Lipinski definition) is 0. The van der Waals surface area contributed by atoms with Gasteiger partial charge in [-0.05, 0) is 35.7 Å². The van der Waals surface area contributed by atoms with Gasteiger partial charge in [0.2, 0.25) is 0 Å². The quantitative estimate of drug-likeness (QED) is 0.572. The fourth-order valence-corrected chi connectivity index (χ4v) is 4.30. The molecule has 0 radical (unpaired) electrons. The summed E-state index contributed by atoms with van der Waals surface area (Å²) in [7, 11) is -3.69. The summed E-state index contributed by atoms with van der Waals surface area (Å²) in [4.78, 5) is 12.2. The molecule has 0 unspecified atom stereocenters. The summed E-state index contributed by atoms with van der Waals surface area (Å²) in [6.07, 6.45) is 1.82. The van der Waals surface area contributed by atoms with Gasteiger partial charge in [0.15, 0.2) is 9.84 Å². The van der Waals surface area contributed by atoms with Crippen LogP contribution in [0.1, 0.15) is 11.1 Å². The zero-order valence-corrected chi connectivity index (χ0v) is 15.3. The Morgan fingerprint density at radius 3 is 2.67 bits per heavy atom. The molecule has 0 spiro atoms. The first-order valence-corrected chi connectivity index (χ1v) is 9.95. The lowest BCUT2D eigenvalue weighted by atomic mass is 9.99. The number of halogens is 1. The molecule has 0 fully saturated rings. The highest BCUT2D eigenvalue weighted by molar-refractivity contribution is 9.10. The van der Waals surface area contributed by atoms with Crippen LogP contribution in [0, 0.1) is 10.1 Å². The van der Waals surface area contributed by atoms with Gasteiger partial charge >= 0.3 is 0 Å². The average Bonchev–Trinajstić information content (AvgIpc) is 2.53. The highest BCUT2D eigenvalue weighted by Gasteiger charge is 2.25. The fourth-order valence-electron chi connectivity index (χ4n) is 2.91. The number of nitro benzene ring substituents is 1. The molecule has 0 aliphatic carbocycles. The highest BCUT2D eigenvalue weighted by Crippen LogP contribution is 2.33. The van der Waals surface area contributed by atoms with Crippen LogP contribution in [0.4, 0.5) is 11.4 Å². The second kappa shape index (κ2) is 6.18. The molecule has 3 rings (SSSR count). The summed E-state index contributed by atoms with van der Waals surface area (Å²) in [5, 5.41) is 11.1. The monoisotopic (exact) mass is 410 g/mol. The van der Waals surface area contributed by atoms with Gasteiger partial charge in [-0.3, -0.25) is 10.1 Å². The third kappa shape index (κ3) is 3.16. The van der Waals surface area contributed by atoms with Gasteiger partial charge in [-0.2, -0.15) is 0 Å². The summed E-state index contributed by atoms with van der Waals surface area (Å²) in [6.45, 7) is 1.35. The maximum Gasteiger partial charge on any atom is 0.288 e. The highest BCUT2D eigenvalue weighted by atomic mass is 79.9. The van der Waals surface area contributed by atoms with Crippen molar-refractivity contribution in [2.75, 3.05) is 17.7 Å². The molecule has 8 heteroatoms. The van der Waals surface area contributed by atoms with Crippen LogP contribution in [0.5, 0.6) is 0 Å². The zero-order chi connectivity index (χ0) is 17.5. The van der Waals surface area contributed by atoms with Crippen molar-refractivity contribution in [3.05, 3.63) is 62.1 Å². The average molecular weight is 411 g/mol. The van der Waals surface area contributed by atoms with E-state index in [1.165, 1.54) is 17.7 Å². The van der Waals surface area contributed by atoms with E-state index in [1.807, 2.05) is 17.0 Å². The number of anilines is 1. The van der Waals surface area contributed by atoms with E-state index in [1.54, 1.807) is 6.07 Å². The SMILES string of the molecule is CS(=O)(=O)c1cc(N2CCc3cccc(Br)c3C2)ccc1[N+](=O)[O-]. The molecular formula is C16H15BrN2O4S. The maximum atomic E-state index is 11.9. The first kappa shape index (κ1) is 16.9. The summed E-state index contributed by atoms with van der Waals surface area (Å²) < 4.78 is 24.8. The van der Waals surface area contributed by atoms with Crippen molar-refractivity contribution >= 4 is 37.1 Å². The van der Waals surface area contributed by atoms with Crippen LogP contribution in [0.15, 0.2) is 45.8 Å². The Morgan fingerprint density at radius 2 is 2.00 bits per heavy atom. The number of fused-ring (bicyclic) bond motifs is 1. The van der Waals surface area contributed by atoms with Gasteiger partial charge in [-0.25, -0.2) is 8.42 Å². The molecule has 126 valence electrons. The molecule has 24 heavy (non-hydrogen) atoms. The van der Waals surface area contributed by atoms with Crippen molar-refractivity contribution in [3.8, 4) is 0 Å². The third-order valence-electron chi connectivity index (χ3n) is 4.12. The molecule has 1 aliphatic rings. The fraction of sp³-hybridized carbons (Fsp3) is 0.250. The Bertz CT molecular complexity index is 928. The minimum Gasteiger partial charge on any atom is -0.367 e. The lowest BCUT2D eigenvalue weighted by molar-refractivity contribution is -0.387. The number of nitro groups is 1. The first-order valence-electron chi connectivity index (χ1n) is 7.27. The normalized spacial score (nSPS) is 14.3. The molecule has 0 atom stereocenters. The predicted octanol–water partition coefficient (Wildman–Crippen LogP) is 3.32. The number of benzene rings is 2. The second-order valence-corrected chi connectivity index (χ2v) is 8.57. The Balaban J connectivity index is 2.02. The van der Waals surface area contributed by atoms with Gasteiger partial charge in [-0.1, -0.05) is 28.1 Å². The molecule has 0 saturated carbocycles. The van der Waals surface area contributed by atoms with Crippen molar-refractivity contribution in [3.63, 3.8) is 0 Å². The minimum atomic E-state index is -3.69. The van der Waals surface area contributed by atoms with E-state index in [4.69, 9.17) is 0 Å². The lowest BCUT2D eigenvalue weighted by Gasteiger charge is -2.31. The Morgan fingerprint density at radius 1 is 1.25 bits per heavy atom. The van der Waals surface area contributed by atoms with Crippen LogP contribution in [0.25, 0.3) is 0 Å². The van der Waals surface area contributed by atoms with Crippen molar-refractivity contribution in [2.24, 2.45) is 0 Å². The van der Waals surface area contributed by atoms with Crippen molar-refractivity contribution in [1.29, 1.82) is 0 Å². The van der Waals surface area contributed by atoms with Crippen LogP contribution in [-0.2, 0) is 22.8 Å². The molecule has 0 N–H and O–H groups in total. The topological polar surface area (TPSA) is 80.5 Å². The molecule has 1 heterocycles. The summed E-state index contributed by atoms with van der Waals surface area (Å²) in [6, 6.07) is 10.3. The second-order valence-electron chi connectivity index (χ2n) is 5.73. The van der Waals surface area contributed by atoms with Gasteiger partial charge in [0, 0.05) is 35.6 Å². The summed E-state index contributed by atoms with van der Waals surface area (Å²) in [5.41, 5.74) is 2.69. The van der Waals surface area contributed by atoms with Crippen LogP contribution in [0.3, 0.4) is 0 Å². The number of nitrogens with zero attached hydrogens (tertiary/aromatic N) is 2. The van der Waals surface area contributed by atoms with Crippen molar-refractivity contribution in [1.82, 2.24) is 0 Å². The molecule has 2 aromatic carbocycles. The van der Waals surface area contributed by atoms with E-state index in [0.717, 1.165) is 29.3 Å². The van der Waals surface area contributed by atoms with E-state index < -0.39 is 14.8 Å². The molecule has 0 aromatic heterocycles. The lowest BCUT2D eigenvalue weighted by Crippen LogP contribution is -2.30. The van der Waals surface area contributed by atoms with E-state index in [-0.39, 0.29) is 10.6 Å². The summed E-state index contributed by atoms with van der Waals surface area (Å²) in [5.74, 6) is 0. The van der Waals surface area contributed by atoms with Crippen molar-refractivity contribution < 1.29 is 13.3 Å². The Labute approximate surface area is 148 Å². The Hall–Kier alpha value is -1.93. The number of rotatable bonds is 3. The van der Waals surface area contributed by atoms with Gasteiger partial charge in [0.25, 0.3) is 5.69 Å². The minimum absolute atomic E-state index is 0.247. The van der Waals surface area contributed by atoms with E-state index >= 15 is 0 Å². The Kier molecular flexibility index (Phi) is 4.35. The van der Waals surface area contributed by atoms with Crippen LogP contribution < -0.4 is 4.90 Å². The standard InChI is InChI=1S/C16H15BrN2O4S/c1-24(22,23)16-9-12(5-6-15(16)19(20)21)18-8-7-11-3-2-4-14(17)13(11)10-18/h2-6,9H,7-8,10H2,1H3. The van der Waals surface area contributed by atoms with Crippen LogP contribution in [0.2, 0.25) is 0 Å². The van der Waals surface area contributed by atoms with E-state index in [0.29, 0.717) is 12.2 Å². The van der Waals surface area contributed by atoms with E-state index in [9.17, 15) is 18.5 Å². The predicted molar refractivity (Wildman–Crippen MR) is 95.1 cm³/mol. The van der Waals surface area contributed by atoms with Crippen LogP contribution >= 0.6 is 15.9 Å². The van der Waals surface area contributed by atoms with Gasteiger partial charge in [-0.15, -0.1) is 0 Å². The maximum absolute atomic E-state index is 11.9. The zero-order valence-electron chi connectivity index (χ0n) is 12.9. The smallest absolute Gasteiger partial charge is 0.288 e. The summed E-state index contributed by atoms with van der Waals surface area (Å²) >= 11 is 3.55. The molecule has 2 aromatic rings.